The van der Waals surface area contributed by atoms with Gasteiger partial charge in [0.05, 0.1) is 35.2 Å². The molecule has 0 bridgehead atoms. The van der Waals surface area contributed by atoms with Gasteiger partial charge in [0.2, 0.25) is 5.91 Å². The molecule has 0 spiro atoms. The van der Waals surface area contributed by atoms with Crippen LogP contribution in [0.5, 0.6) is 11.5 Å². The van der Waals surface area contributed by atoms with Crippen LogP contribution < -0.4 is 20.1 Å². The van der Waals surface area contributed by atoms with Crippen molar-refractivity contribution in [2.45, 2.75) is 17.1 Å². The highest BCUT2D eigenvalue weighted by Crippen LogP contribution is 2.32. The van der Waals surface area contributed by atoms with Crippen molar-refractivity contribution in [3.05, 3.63) is 81.7 Å². The van der Waals surface area contributed by atoms with Gasteiger partial charge in [-0.25, -0.2) is 4.98 Å². The number of nitrogens with zero attached hydrogens (tertiary/aromatic N) is 1. The maximum atomic E-state index is 13.0. The van der Waals surface area contributed by atoms with E-state index >= 15 is 0 Å². The SMILES string of the molecule is COc1cccc(OC)c1C(=O)Nc1cccc(SC(C)C(=O)Nc2nc(-c3ccc(Cl)c(Cl)c3)cs2)c1. The quantitative estimate of drug-likeness (QED) is 0.197. The summed E-state index contributed by atoms with van der Waals surface area (Å²) in [4.78, 5) is 31.2. The predicted octanol–water partition coefficient (Wildman–Crippen LogP) is 7.51. The largest absolute Gasteiger partial charge is 0.496 e. The second-order valence-corrected chi connectivity index (χ2v) is 11.0. The van der Waals surface area contributed by atoms with Crippen molar-refractivity contribution >= 4 is 68.9 Å². The molecule has 11 heteroatoms. The molecule has 0 aliphatic rings. The second-order valence-electron chi connectivity index (χ2n) is 7.94. The number of carbonyl (C=O) groups is 2. The van der Waals surface area contributed by atoms with Gasteiger partial charge in [0.15, 0.2) is 5.13 Å². The Labute approximate surface area is 238 Å². The third-order valence-corrected chi connectivity index (χ3v) is 7.97. The van der Waals surface area contributed by atoms with Gasteiger partial charge >= 0.3 is 0 Å². The third kappa shape index (κ3) is 6.60. The fourth-order valence-corrected chi connectivity index (χ4v) is 5.45. The van der Waals surface area contributed by atoms with Crippen LogP contribution in [0, 0.1) is 0 Å². The minimum absolute atomic E-state index is 0.196. The van der Waals surface area contributed by atoms with E-state index < -0.39 is 5.25 Å². The van der Waals surface area contributed by atoms with E-state index in [-0.39, 0.29) is 11.8 Å². The summed E-state index contributed by atoms with van der Waals surface area (Å²) in [7, 11) is 2.99. The summed E-state index contributed by atoms with van der Waals surface area (Å²) < 4.78 is 10.7. The number of hydrogen-bond donors (Lipinski definition) is 2. The van der Waals surface area contributed by atoms with Gasteiger partial charge in [-0.05, 0) is 49.4 Å². The minimum atomic E-state index is -0.424. The molecule has 0 aliphatic carbocycles. The molecule has 0 aliphatic heterocycles. The highest BCUT2D eigenvalue weighted by atomic mass is 35.5. The van der Waals surface area contributed by atoms with Gasteiger partial charge < -0.3 is 20.1 Å². The maximum Gasteiger partial charge on any atom is 0.263 e. The van der Waals surface area contributed by atoms with Crippen molar-refractivity contribution in [2.24, 2.45) is 0 Å². The topological polar surface area (TPSA) is 89.5 Å². The number of carbonyl (C=O) groups excluding carboxylic acids is 2. The monoisotopic (exact) mass is 587 g/mol. The normalized spacial score (nSPS) is 11.5. The molecule has 1 atom stereocenters. The Morgan fingerprint density at radius 2 is 1.66 bits per heavy atom. The number of aromatic nitrogens is 1. The maximum absolute atomic E-state index is 13.0. The van der Waals surface area contributed by atoms with Crippen molar-refractivity contribution < 1.29 is 19.1 Å². The number of thiazole rings is 1. The van der Waals surface area contributed by atoms with Gasteiger partial charge in [0.25, 0.3) is 5.91 Å². The Balaban J connectivity index is 1.40. The zero-order valence-corrected chi connectivity index (χ0v) is 23.7. The highest BCUT2D eigenvalue weighted by molar-refractivity contribution is 8.00. The molecule has 196 valence electrons. The van der Waals surface area contributed by atoms with Crippen LogP contribution in [0.2, 0.25) is 10.0 Å². The second kappa shape index (κ2) is 12.5. The van der Waals surface area contributed by atoms with E-state index in [2.05, 4.69) is 15.6 Å². The summed E-state index contributed by atoms with van der Waals surface area (Å²) in [6.45, 7) is 1.80. The molecule has 0 saturated carbocycles. The molecule has 1 heterocycles. The standard InChI is InChI=1S/C27H23Cl2N3O4S2/c1-15(25(33)32-27-31-21(14-37-27)16-10-11-19(28)20(29)12-16)38-18-7-4-6-17(13-18)30-26(34)24-22(35-2)8-5-9-23(24)36-3/h4-15H,1-3H3,(H,30,34)(H,31,32,33). The Morgan fingerprint density at radius 1 is 0.947 bits per heavy atom. The van der Waals surface area contributed by atoms with E-state index in [1.807, 2.05) is 23.6 Å². The molecule has 38 heavy (non-hydrogen) atoms. The minimum Gasteiger partial charge on any atom is -0.496 e. The zero-order valence-electron chi connectivity index (χ0n) is 20.6. The van der Waals surface area contributed by atoms with Crippen molar-refractivity contribution in [3.8, 4) is 22.8 Å². The van der Waals surface area contributed by atoms with E-state index in [4.69, 9.17) is 32.7 Å². The molecule has 3 aromatic carbocycles. The molecular formula is C27H23Cl2N3O4S2. The average Bonchev–Trinajstić information content (AvgIpc) is 3.38. The Hall–Kier alpha value is -3.24. The third-order valence-electron chi connectivity index (χ3n) is 5.38. The number of thioether (sulfide) groups is 1. The number of benzene rings is 3. The van der Waals surface area contributed by atoms with Crippen LogP contribution in [0.4, 0.5) is 10.8 Å². The predicted molar refractivity (Wildman–Crippen MR) is 155 cm³/mol. The first kappa shape index (κ1) is 27.8. The Bertz CT molecular complexity index is 1460. The van der Waals surface area contributed by atoms with E-state index in [0.29, 0.717) is 43.6 Å². The number of halogens is 2. The van der Waals surface area contributed by atoms with E-state index in [9.17, 15) is 9.59 Å². The molecule has 0 fully saturated rings. The van der Waals surface area contributed by atoms with Gasteiger partial charge in [-0.3, -0.25) is 9.59 Å². The number of anilines is 2. The first-order valence-corrected chi connectivity index (χ1v) is 13.8. The van der Waals surface area contributed by atoms with Crippen molar-refractivity contribution in [3.63, 3.8) is 0 Å². The van der Waals surface area contributed by atoms with Gasteiger partial charge in [-0.1, -0.05) is 41.4 Å². The molecule has 1 unspecified atom stereocenters. The molecule has 0 saturated heterocycles. The van der Waals surface area contributed by atoms with Crippen LogP contribution in [0.15, 0.2) is 70.9 Å². The molecule has 1 aromatic heterocycles. The lowest BCUT2D eigenvalue weighted by atomic mass is 10.1. The van der Waals surface area contributed by atoms with Crippen LogP contribution in [0.3, 0.4) is 0 Å². The van der Waals surface area contributed by atoms with Crippen molar-refractivity contribution in [2.75, 3.05) is 24.9 Å². The van der Waals surface area contributed by atoms with E-state index in [1.54, 1.807) is 49.4 Å². The molecule has 2 N–H and O–H groups in total. The number of methoxy groups -OCH3 is 2. The van der Waals surface area contributed by atoms with Gasteiger partial charge in [-0.15, -0.1) is 23.1 Å². The Kier molecular flexibility index (Phi) is 9.17. The number of hydrogen-bond acceptors (Lipinski definition) is 7. The molecule has 4 rings (SSSR count). The van der Waals surface area contributed by atoms with Gasteiger partial charge in [-0.2, -0.15) is 0 Å². The van der Waals surface area contributed by atoms with E-state index in [1.165, 1.54) is 37.3 Å². The number of ether oxygens (including phenoxy) is 2. The van der Waals surface area contributed by atoms with Crippen LogP contribution in [0.1, 0.15) is 17.3 Å². The smallest absolute Gasteiger partial charge is 0.263 e. The summed E-state index contributed by atoms with van der Waals surface area (Å²) in [5.41, 5.74) is 2.38. The lowest BCUT2D eigenvalue weighted by molar-refractivity contribution is -0.115. The number of nitrogens with one attached hydrogen (secondary N) is 2. The number of amides is 2. The fourth-order valence-electron chi connectivity index (χ4n) is 3.50. The van der Waals surface area contributed by atoms with Crippen LogP contribution >= 0.6 is 46.3 Å². The summed E-state index contributed by atoms with van der Waals surface area (Å²) >= 11 is 14.8. The molecule has 2 amide bonds. The fraction of sp³-hybridized carbons (Fsp3) is 0.148. The lowest BCUT2D eigenvalue weighted by Crippen LogP contribution is -2.22. The van der Waals surface area contributed by atoms with Crippen LogP contribution in [0.25, 0.3) is 11.3 Å². The summed E-state index contributed by atoms with van der Waals surface area (Å²) in [5.74, 6) is 0.247. The Morgan fingerprint density at radius 3 is 2.34 bits per heavy atom. The van der Waals surface area contributed by atoms with Crippen molar-refractivity contribution in [1.82, 2.24) is 4.98 Å². The summed E-state index contributed by atoms with van der Waals surface area (Å²) in [6.07, 6.45) is 0. The van der Waals surface area contributed by atoms with Crippen molar-refractivity contribution in [1.29, 1.82) is 0 Å². The van der Waals surface area contributed by atoms with Gasteiger partial charge in [0.1, 0.15) is 17.1 Å². The first-order valence-electron chi connectivity index (χ1n) is 11.3. The van der Waals surface area contributed by atoms with Gasteiger partial charge in [0, 0.05) is 21.5 Å². The number of rotatable bonds is 9. The van der Waals surface area contributed by atoms with Crippen LogP contribution in [-0.4, -0.2) is 36.3 Å². The molecular weight excluding hydrogens is 565 g/mol. The lowest BCUT2D eigenvalue weighted by Gasteiger charge is -2.14. The summed E-state index contributed by atoms with van der Waals surface area (Å²) in [5, 5.41) is 8.55. The molecule has 0 radical (unpaired) electrons. The average molecular weight is 589 g/mol. The summed E-state index contributed by atoms with van der Waals surface area (Å²) in [6, 6.07) is 17.7. The van der Waals surface area contributed by atoms with E-state index in [0.717, 1.165) is 10.5 Å². The molecule has 7 nitrogen and oxygen atoms in total. The molecule has 4 aromatic rings. The van der Waals surface area contributed by atoms with Crippen LogP contribution in [-0.2, 0) is 4.79 Å². The zero-order chi connectivity index (χ0) is 27.2. The highest BCUT2D eigenvalue weighted by Gasteiger charge is 2.20. The first-order chi connectivity index (χ1) is 18.3.